The van der Waals surface area contributed by atoms with Crippen molar-refractivity contribution in [2.45, 2.75) is 12.8 Å². The number of hydrogen-bond donors (Lipinski definition) is 0. The smallest absolute Gasteiger partial charge is 0.253 e. The molecule has 0 atom stereocenters. The Balaban J connectivity index is 2.37. The molecule has 1 heterocycles. The van der Waals surface area contributed by atoms with Gasteiger partial charge in [-0.3, -0.25) is 19.3 Å². The predicted molar refractivity (Wildman–Crippen MR) is 40.8 cm³/mol. The molecule has 4 nitrogen and oxygen atoms in total. The lowest BCUT2D eigenvalue weighted by Gasteiger charge is -2.11. The first-order valence-electron chi connectivity index (χ1n) is 3.64. The highest BCUT2D eigenvalue weighted by atomic mass is 16.2. The Kier molecular flexibility index (Phi) is 2.74. The maximum absolute atomic E-state index is 10.9. The summed E-state index contributed by atoms with van der Waals surface area (Å²) in [5, 5.41) is 0. The van der Waals surface area contributed by atoms with E-state index in [1.165, 1.54) is 12.2 Å². The summed E-state index contributed by atoms with van der Waals surface area (Å²) in [6.07, 6.45) is 4.91. The lowest BCUT2D eigenvalue weighted by molar-refractivity contribution is -0.136. The van der Waals surface area contributed by atoms with Gasteiger partial charge < -0.3 is 0 Å². The molecule has 1 rings (SSSR count). The van der Waals surface area contributed by atoms with Crippen LogP contribution in [0.4, 0.5) is 0 Å². The first-order chi connectivity index (χ1) is 5.75. The number of hydrogen-bond acceptors (Lipinski definition) is 3. The van der Waals surface area contributed by atoms with Gasteiger partial charge >= 0.3 is 0 Å². The lowest BCUT2D eigenvalue weighted by Crippen LogP contribution is -2.30. The van der Waals surface area contributed by atoms with Crippen LogP contribution < -0.4 is 0 Å². The third kappa shape index (κ3) is 1.78. The van der Waals surface area contributed by atoms with Gasteiger partial charge in [0.1, 0.15) is 0 Å². The zero-order valence-electron chi connectivity index (χ0n) is 6.45. The molecule has 0 unspecified atom stereocenters. The molecule has 0 saturated heterocycles. The van der Waals surface area contributed by atoms with E-state index in [9.17, 15) is 14.4 Å². The van der Waals surface area contributed by atoms with Crippen LogP contribution >= 0.6 is 0 Å². The van der Waals surface area contributed by atoms with Crippen LogP contribution in [0.25, 0.3) is 0 Å². The minimum atomic E-state index is -0.300. The average molecular weight is 166 g/mol. The predicted octanol–water partition coefficient (Wildman–Crippen LogP) is -0.199. The molecule has 0 fully saturated rings. The molecule has 63 valence electrons. The van der Waals surface area contributed by atoms with Crippen LogP contribution in [-0.2, 0) is 14.4 Å². The van der Waals surface area contributed by atoms with E-state index in [0.717, 1.165) is 4.90 Å². The Bertz CT molecular complexity index is 227. The minimum Gasteiger partial charge on any atom is -0.291 e. The van der Waals surface area contributed by atoms with Gasteiger partial charge in [0.25, 0.3) is 11.8 Å². The largest absolute Gasteiger partial charge is 0.291 e. The molecule has 2 amide bonds. The summed E-state index contributed by atoms with van der Waals surface area (Å²) < 4.78 is 0. The molecule has 1 aliphatic heterocycles. The third-order valence-corrected chi connectivity index (χ3v) is 1.56. The van der Waals surface area contributed by atoms with Gasteiger partial charge in [0.05, 0.1) is 0 Å². The van der Waals surface area contributed by atoms with Crippen molar-refractivity contribution in [3.63, 3.8) is 0 Å². The summed E-state index contributed by atoms with van der Waals surface area (Å²) >= 11 is 0. The molecular weight excluding hydrogens is 158 g/mol. The Hall–Kier alpha value is -1.45. The number of rotatable bonds is 4. The van der Waals surface area contributed by atoms with Crippen molar-refractivity contribution < 1.29 is 14.4 Å². The van der Waals surface area contributed by atoms with E-state index in [2.05, 4.69) is 0 Å². The molecule has 12 heavy (non-hydrogen) atoms. The van der Waals surface area contributed by atoms with Crippen molar-refractivity contribution >= 4 is 18.1 Å². The second-order valence-corrected chi connectivity index (χ2v) is 2.41. The summed E-state index contributed by atoms with van der Waals surface area (Å²) in [6.45, 7) is 0.305. The van der Waals surface area contributed by atoms with Crippen molar-refractivity contribution in [2.75, 3.05) is 6.54 Å². The fraction of sp³-hybridized carbons (Fsp3) is 0.375. The van der Waals surface area contributed by atoms with Gasteiger partial charge in [0, 0.05) is 25.1 Å². The molecular formula is C8H8NO3. The third-order valence-electron chi connectivity index (χ3n) is 1.56. The van der Waals surface area contributed by atoms with Crippen LogP contribution in [0.5, 0.6) is 0 Å². The fourth-order valence-electron chi connectivity index (χ4n) is 0.961. The molecule has 1 aliphatic rings. The van der Waals surface area contributed by atoms with E-state index in [1.54, 1.807) is 6.29 Å². The summed E-state index contributed by atoms with van der Waals surface area (Å²) in [6, 6.07) is 0. The highest BCUT2D eigenvalue weighted by molar-refractivity contribution is 6.12. The molecule has 0 aromatic heterocycles. The minimum absolute atomic E-state index is 0.261. The number of unbranched alkanes of at least 4 members (excludes halogenated alkanes) is 1. The van der Waals surface area contributed by atoms with E-state index >= 15 is 0 Å². The van der Waals surface area contributed by atoms with Gasteiger partial charge in [-0.05, 0) is 6.42 Å². The topological polar surface area (TPSA) is 54.5 Å². The van der Waals surface area contributed by atoms with Crippen molar-refractivity contribution in [3.05, 3.63) is 12.2 Å². The summed E-state index contributed by atoms with van der Waals surface area (Å²) in [7, 11) is 0. The second-order valence-electron chi connectivity index (χ2n) is 2.41. The maximum Gasteiger partial charge on any atom is 0.253 e. The van der Waals surface area contributed by atoms with Crippen LogP contribution in [0, 0.1) is 0 Å². The summed E-state index contributed by atoms with van der Waals surface area (Å²) in [5.41, 5.74) is 0. The van der Waals surface area contributed by atoms with E-state index in [-0.39, 0.29) is 18.2 Å². The second kappa shape index (κ2) is 3.80. The molecule has 0 bridgehead atoms. The van der Waals surface area contributed by atoms with Gasteiger partial charge in [-0.25, -0.2) is 0 Å². The van der Waals surface area contributed by atoms with Gasteiger partial charge in [-0.15, -0.1) is 0 Å². The van der Waals surface area contributed by atoms with Crippen LogP contribution in [0.15, 0.2) is 12.2 Å². The lowest BCUT2D eigenvalue weighted by atomic mass is 10.3. The Morgan fingerprint density at radius 3 is 2.33 bits per heavy atom. The van der Waals surface area contributed by atoms with E-state index in [1.807, 2.05) is 0 Å². The van der Waals surface area contributed by atoms with E-state index in [4.69, 9.17) is 0 Å². The summed E-state index contributed by atoms with van der Waals surface area (Å²) in [4.78, 5) is 32.7. The van der Waals surface area contributed by atoms with Crippen molar-refractivity contribution in [2.24, 2.45) is 0 Å². The van der Waals surface area contributed by atoms with Gasteiger partial charge in [0.2, 0.25) is 0 Å². The SMILES string of the molecule is O=[C]CCCN1C(=O)C=CC1=O. The highest BCUT2D eigenvalue weighted by Gasteiger charge is 2.21. The van der Waals surface area contributed by atoms with Crippen LogP contribution in [0.2, 0.25) is 0 Å². The Labute approximate surface area is 69.8 Å². The van der Waals surface area contributed by atoms with E-state index < -0.39 is 0 Å². The van der Waals surface area contributed by atoms with Crippen LogP contribution in [-0.4, -0.2) is 29.5 Å². The number of imide groups is 1. The molecule has 1 radical (unpaired) electrons. The molecule has 0 spiro atoms. The number of amides is 2. The Morgan fingerprint density at radius 1 is 1.25 bits per heavy atom. The standard InChI is InChI=1S/C8H8NO3/c10-6-2-1-5-9-7(11)3-4-8(9)12/h3-4H,1-2,5H2. The highest BCUT2D eigenvalue weighted by Crippen LogP contribution is 2.04. The summed E-state index contributed by atoms with van der Waals surface area (Å²) in [5.74, 6) is -0.600. The molecule has 0 aromatic rings. The number of carbonyl (C=O) groups excluding carboxylic acids is 3. The average Bonchev–Trinajstić information content (AvgIpc) is 2.35. The molecule has 0 aromatic carbocycles. The van der Waals surface area contributed by atoms with Gasteiger partial charge in [0.15, 0.2) is 6.29 Å². The van der Waals surface area contributed by atoms with Gasteiger partial charge in [-0.1, -0.05) is 0 Å². The van der Waals surface area contributed by atoms with Crippen molar-refractivity contribution in [1.29, 1.82) is 0 Å². The maximum atomic E-state index is 10.9. The van der Waals surface area contributed by atoms with Crippen LogP contribution in [0.1, 0.15) is 12.8 Å². The van der Waals surface area contributed by atoms with Gasteiger partial charge in [-0.2, -0.15) is 0 Å². The molecule has 0 saturated carbocycles. The Morgan fingerprint density at radius 2 is 1.83 bits per heavy atom. The molecule has 4 heteroatoms. The quantitative estimate of drug-likeness (QED) is 0.429. The van der Waals surface area contributed by atoms with Crippen molar-refractivity contribution in [1.82, 2.24) is 4.90 Å². The molecule has 0 aliphatic carbocycles. The van der Waals surface area contributed by atoms with Crippen molar-refractivity contribution in [3.8, 4) is 0 Å². The first kappa shape index (κ1) is 8.64. The van der Waals surface area contributed by atoms with E-state index in [0.29, 0.717) is 13.0 Å². The molecule has 0 N–H and O–H groups in total. The number of carbonyl (C=O) groups is 2. The first-order valence-corrected chi connectivity index (χ1v) is 3.64. The normalized spacial score (nSPS) is 15.8. The monoisotopic (exact) mass is 166 g/mol. The zero-order valence-corrected chi connectivity index (χ0v) is 6.45. The fourth-order valence-corrected chi connectivity index (χ4v) is 0.961. The zero-order chi connectivity index (χ0) is 8.97. The number of nitrogens with zero attached hydrogens (tertiary/aromatic N) is 1. The van der Waals surface area contributed by atoms with Crippen LogP contribution in [0.3, 0.4) is 0 Å².